The normalized spacial score (nSPS) is 16.5. The molecule has 4 aromatic rings. The fourth-order valence-electron chi connectivity index (χ4n) is 6.98. The predicted molar refractivity (Wildman–Crippen MR) is 233 cm³/mol. The van der Waals surface area contributed by atoms with Crippen LogP contribution in [-0.4, -0.2) is 74.2 Å². The molecule has 0 saturated carbocycles. The molecule has 2 aliphatic carbocycles. The summed E-state index contributed by atoms with van der Waals surface area (Å²) in [6.45, 7) is 11.0. The van der Waals surface area contributed by atoms with Crippen LogP contribution in [-0.2, 0) is 42.0 Å². The van der Waals surface area contributed by atoms with Crippen LogP contribution < -0.4 is 9.65 Å². The van der Waals surface area contributed by atoms with Crippen LogP contribution in [0.3, 0.4) is 0 Å². The Hall–Kier alpha value is -4.36. The van der Waals surface area contributed by atoms with Crippen LogP contribution in [0, 0.1) is 0 Å². The molecule has 0 amide bonds. The van der Waals surface area contributed by atoms with Crippen molar-refractivity contribution in [2.75, 3.05) is 0 Å². The van der Waals surface area contributed by atoms with Crippen molar-refractivity contribution in [2.24, 2.45) is 0 Å². The van der Waals surface area contributed by atoms with Gasteiger partial charge in [-0.3, -0.25) is 14.6 Å². The van der Waals surface area contributed by atoms with Gasteiger partial charge in [0.25, 0.3) is 0 Å². The molecule has 342 valence electrons. The SMILES string of the molecule is CC(C)(C)OC(=O)CC1CCCCc2cc(-c3ccnc(Cl)c3)ncc21.CC(C)(C)OC(=O)CC1CCCCc2cc(OS(=O)(=O)C(F)(F)F)ncc21.OB(O)c1ccnc(Cl)c1. The molecule has 2 unspecified atom stereocenters. The summed E-state index contributed by atoms with van der Waals surface area (Å²) in [5, 5.41) is 17.9. The van der Waals surface area contributed by atoms with Crippen molar-refractivity contribution in [1.82, 2.24) is 19.9 Å². The second-order valence-corrected chi connectivity index (χ2v) is 19.4. The number of alkyl halides is 3. The van der Waals surface area contributed by atoms with E-state index in [0.717, 1.165) is 49.8 Å². The molecule has 4 aromatic heterocycles. The second-order valence-electron chi connectivity index (χ2n) is 17.1. The highest BCUT2D eigenvalue weighted by Gasteiger charge is 2.49. The number of carbonyl (C=O) groups excluding carboxylic acids is 2. The Morgan fingerprint density at radius 3 is 1.68 bits per heavy atom. The van der Waals surface area contributed by atoms with E-state index in [1.807, 2.05) is 39.1 Å². The lowest BCUT2D eigenvalue weighted by molar-refractivity contribution is -0.156. The lowest BCUT2D eigenvalue weighted by atomic mass is 9.81. The van der Waals surface area contributed by atoms with Crippen LogP contribution in [0.25, 0.3) is 11.3 Å². The van der Waals surface area contributed by atoms with Crippen molar-refractivity contribution in [3.05, 3.63) is 93.7 Å². The van der Waals surface area contributed by atoms with Gasteiger partial charge in [-0.05, 0) is 150 Å². The van der Waals surface area contributed by atoms with Crippen molar-refractivity contribution in [2.45, 2.75) is 134 Å². The Kier molecular flexibility index (Phi) is 17.9. The van der Waals surface area contributed by atoms with Gasteiger partial charge in [-0.2, -0.15) is 21.6 Å². The van der Waals surface area contributed by atoms with Crippen molar-refractivity contribution >= 4 is 57.8 Å². The molecule has 6 rings (SSSR count). The molecule has 2 atom stereocenters. The zero-order valence-corrected chi connectivity index (χ0v) is 38.2. The van der Waals surface area contributed by atoms with Gasteiger partial charge in [-0.1, -0.05) is 36.0 Å². The Morgan fingerprint density at radius 1 is 0.730 bits per heavy atom. The molecule has 0 saturated heterocycles. The first-order valence-corrected chi connectivity index (χ1v) is 22.5. The van der Waals surface area contributed by atoms with E-state index in [1.165, 1.54) is 41.7 Å². The van der Waals surface area contributed by atoms with E-state index in [-0.39, 0.29) is 35.3 Å². The monoisotopic (exact) mass is 938 g/mol. The van der Waals surface area contributed by atoms with Crippen LogP contribution in [0.15, 0.2) is 61.2 Å². The number of carbonyl (C=O) groups is 2. The fraction of sp³-hybridized carbons (Fsp3) is 0.488. The van der Waals surface area contributed by atoms with E-state index in [0.29, 0.717) is 41.0 Å². The largest absolute Gasteiger partial charge is 0.534 e. The summed E-state index contributed by atoms with van der Waals surface area (Å²) in [5.74, 6) is -1.17. The van der Waals surface area contributed by atoms with Crippen LogP contribution >= 0.6 is 23.2 Å². The van der Waals surface area contributed by atoms with E-state index in [1.54, 1.807) is 27.0 Å². The summed E-state index contributed by atoms with van der Waals surface area (Å²) in [4.78, 5) is 40.5. The standard InChI is InChI=1S/C21H25ClN2O2.C17H22F3NO5S.C5H5BClNO2/c1-21(2,3)26-20(25)12-15-7-5-4-6-14-10-18(24-13-17(14)15)16-8-9-23-19(22)11-16;1-16(2,3)25-15(22)9-12-7-5-4-6-11-8-14(21-10-13(11)12)26-27(23,24)17(18,19)20;7-5-3-4(6(9)10)1-2-8-5/h8-11,13,15H,4-7,12H2,1-3H3;8,10,12H,4-7,9H2,1-3H3;1-3,9-10H. The molecule has 4 heterocycles. The van der Waals surface area contributed by atoms with E-state index in [4.69, 9.17) is 42.7 Å². The van der Waals surface area contributed by atoms with Crippen molar-refractivity contribution in [3.63, 3.8) is 0 Å². The quantitative estimate of drug-likeness (QED) is 0.0427. The van der Waals surface area contributed by atoms with Gasteiger partial charge in [0.2, 0.25) is 5.88 Å². The molecular weight excluding hydrogens is 887 g/mol. The van der Waals surface area contributed by atoms with Crippen molar-refractivity contribution < 1.29 is 54.9 Å². The smallest absolute Gasteiger partial charge is 0.460 e. The average Bonchev–Trinajstić information content (AvgIpc) is 3.48. The lowest BCUT2D eigenvalue weighted by Gasteiger charge is -2.22. The van der Waals surface area contributed by atoms with Gasteiger partial charge < -0.3 is 23.7 Å². The molecule has 63 heavy (non-hydrogen) atoms. The molecular formula is C43H52BCl2F3N4O9S. The minimum atomic E-state index is -5.78. The summed E-state index contributed by atoms with van der Waals surface area (Å²) in [7, 11) is -7.25. The number of fused-ring (bicyclic) bond motifs is 2. The molecule has 0 aliphatic heterocycles. The molecule has 2 N–H and O–H groups in total. The van der Waals surface area contributed by atoms with Gasteiger partial charge in [0.05, 0.1) is 18.5 Å². The first-order chi connectivity index (χ1) is 29.3. The van der Waals surface area contributed by atoms with E-state index >= 15 is 0 Å². The zero-order chi connectivity index (χ0) is 46.8. The van der Waals surface area contributed by atoms with Gasteiger partial charge >= 0.3 is 34.7 Å². The number of halogens is 5. The predicted octanol–water partition coefficient (Wildman–Crippen LogP) is 8.61. The summed E-state index contributed by atoms with van der Waals surface area (Å²) >= 11 is 11.5. The Labute approximate surface area is 376 Å². The number of aromatic nitrogens is 4. The first kappa shape index (κ1) is 51.3. The topological polar surface area (TPSA) is 188 Å². The summed E-state index contributed by atoms with van der Waals surface area (Å²) in [6, 6.07) is 9.95. The van der Waals surface area contributed by atoms with Crippen LogP contribution in [0.5, 0.6) is 5.88 Å². The zero-order valence-electron chi connectivity index (χ0n) is 35.9. The molecule has 0 aromatic carbocycles. The van der Waals surface area contributed by atoms with E-state index in [2.05, 4.69) is 30.2 Å². The van der Waals surface area contributed by atoms with Crippen LogP contribution in [0.1, 0.15) is 127 Å². The molecule has 0 spiro atoms. The lowest BCUT2D eigenvalue weighted by Crippen LogP contribution is -2.29. The Bertz CT molecular complexity index is 2310. The second kappa shape index (κ2) is 22.0. The maximum absolute atomic E-state index is 12.5. The molecule has 20 heteroatoms. The molecule has 0 radical (unpaired) electrons. The summed E-state index contributed by atoms with van der Waals surface area (Å²) in [5.41, 5.74) is -0.614. The maximum Gasteiger partial charge on any atom is 0.534 e. The Balaban J connectivity index is 0.000000227. The maximum atomic E-state index is 12.5. The number of rotatable bonds is 8. The van der Waals surface area contributed by atoms with Gasteiger partial charge in [-0.25, -0.2) is 15.0 Å². The van der Waals surface area contributed by atoms with E-state index in [9.17, 15) is 31.2 Å². The minimum Gasteiger partial charge on any atom is -0.460 e. The molecule has 2 aliphatic rings. The number of ether oxygens (including phenoxy) is 2. The number of nitrogens with zero attached hydrogens (tertiary/aromatic N) is 4. The summed E-state index contributed by atoms with van der Waals surface area (Å²) < 4.78 is 74.7. The highest BCUT2D eigenvalue weighted by Crippen LogP contribution is 2.37. The number of hydrogen-bond donors (Lipinski definition) is 2. The number of pyridine rings is 4. The third-order valence-electron chi connectivity index (χ3n) is 9.62. The average molecular weight is 940 g/mol. The molecule has 0 bridgehead atoms. The van der Waals surface area contributed by atoms with Crippen molar-refractivity contribution in [3.8, 4) is 17.1 Å². The fourth-order valence-corrected chi connectivity index (χ4v) is 7.75. The van der Waals surface area contributed by atoms with Gasteiger partial charge in [0.1, 0.15) is 21.5 Å². The van der Waals surface area contributed by atoms with Crippen LogP contribution in [0.2, 0.25) is 10.3 Å². The van der Waals surface area contributed by atoms with Gasteiger partial charge in [-0.15, -0.1) is 0 Å². The summed E-state index contributed by atoms with van der Waals surface area (Å²) in [6.07, 6.45) is 13.9. The molecule has 0 fully saturated rings. The number of aryl methyl sites for hydroxylation is 2. The number of esters is 2. The van der Waals surface area contributed by atoms with E-state index < -0.39 is 39.8 Å². The Morgan fingerprint density at radius 2 is 1.22 bits per heavy atom. The third-order valence-corrected chi connectivity index (χ3v) is 11.0. The van der Waals surface area contributed by atoms with Gasteiger partial charge in [0, 0.05) is 36.4 Å². The molecule has 13 nitrogen and oxygen atoms in total. The minimum absolute atomic E-state index is 0.118. The van der Waals surface area contributed by atoms with Gasteiger partial charge in [0.15, 0.2) is 0 Å². The third kappa shape index (κ3) is 16.6. The highest BCUT2D eigenvalue weighted by atomic mass is 35.5. The van der Waals surface area contributed by atoms with Crippen LogP contribution in [0.4, 0.5) is 13.2 Å². The van der Waals surface area contributed by atoms with Crippen molar-refractivity contribution in [1.29, 1.82) is 0 Å². The highest BCUT2D eigenvalue weighted by molar-refractivity contribution is 7.87. The number of hydrogen-bond acceptors (Lipinski definition) is 13. The first-order valence-electron chi connectivity index (χ1n) is 20.3.